The average Bonchev–Trinajstić information content (AvgIpc) is 2.23. The van der Waals surface area contributed by atoms with Gasteiger partial charge in [0.15, 0.2) is 0 Å². The first-order valence-corrected chi connectivity index (χ1v) is 5.85. The zero-order chi connectivity index (χ0) is 12.8. The quantitative estimate of drug-likeness (QED) is 0.830. The van der Waals surface area contributed by atoms with Gasteiger partial charge in [0.25, 0.3) is 0 Å². The second-order valence-corrected chi connectivity index (χ2v) is 4.62. The number of rotatable bonds is 6. The molecule has 1 atom stereocenters. The third-order valence-corrected chi connectivity index (χ3v) is 2.73. The predicted octanol–water partition coefficient (Wildman–Crippen LogP) is 2.38. The second-order valence-electron chi connectivity index (χ2n) is 4.62. The van der Waals surface area contributed by atoms with E-state index in [1.54, 1.807) is 0 Å². The Kier molecular flexibility index (Phi) is 5.51. The van der Waals surface area contributed by atoms with Crippen LogP contribution >= 0.6 is 0 Å². The standard InChI is InChI=1S/C13H20F2N2/c1-10(5-6-16)8-17(2)9-11-7-12(14)3-4-13(11)15/h3-4,7,10H,5-6,8-9,16H2,1-2H3. The highest BCUT2D eigenvalue weighted by atomic mass is 19.1. The number of nitrogens with zero attached hydrogens (tertiary/aromatic N) is 1. The van der Waals surface area contributed by atoms with Crippen LogP contribution in [-0.2, 0) is 6.54 Å². The van der Waals surface area contributed by atoms with Crippen molar-refractivity contribution in [3.63, 3.8) is 0 Å². The molecular formula is C13H20F2N2. The highest BCUT2D eigenvalue weighted by Gasteiger charge is 2.09. The first kappa shape index (κ1) is 14.1. The summed E-state index contributed by atoms with van der Waals surface area (Å²) in [4.78, 5) is 1.98. The molecule has 96 valence electrons. The normalized spacial score (nSPS) is 13.1. The van der Waals surface area contributed by atoms with Gasteiger partial charge in [-0.15, -0.1) is 0 Å². The van der Waals surface area contributed by atoms with Gasteiger partial charge in [0, 0.05) is 18.7 Å². The van der Waals surface area contributed by atoms with Gasteiger partial charge in [-0.3, -0.25) is 0 Å². The summed E-state index contributed by atoms with van der Waals surface area (Å²) in [6.45, 7) is 4.00. The van der Waals surface area contributed by atoms with Gasteiger partial charge < -0.3 is 10.6 Å². The molecule has 4 heteroatoms. The van der Waals surface area contributed by atoms with Crippen LogP contribution in [0.15, 0.2) is 18.2 Å². The molecule has 0 saturated heterocycles. The maximum absolute atomic E-state index is 13.4. The van der Waals surface area contributed by atoms with Crippen LogP contribution in [-0.4, -0.2) is 25.0 Å². The molecule has 0 aliphatic rings. The number of hydrogen-bond acceptors (Lipinski definition) is 2. The Labute approximate surface area is 101 Å². The van der Waals surface area contributed by atoms with Gasteiger partial charge in [-0.2, -0.15) is 0 Å². The largest absolute Gasteiger partial charge is 0.330 e. The molecule has 0 bridgehead atoms. The highest BCUT2D eigenvalue weighted by molar-refractivity contribution is 5.18. The van der Waals surface area contributed by atoms with Crippen LogP contribution in [0.5, 0.6) is 0 Å². The molecular weight excluding hydrogens is 222 g/mol. The first-order valence-electron chi connectivity index (χ1n) is 5.85. The van der Waals surface area contributed by atoms with E-state index in [1.807, 2.05) is 11.9 Å². The second kappa shape index (κ2) is 6.67. The highest BCUT2D eigenvalue weighted by Crippen LogP contribution is 2.13. The maximum atomic E-state index is 13.4. The molecule has 0 fully saturated rings. The molecule has 17 heavy (non-hydrogen) atoms. The third kappa shape index (κ3) is 4.79. The molecule has 1 aromatic carbocycles. The summed E-state index contributed by atoms with van der Waals surface area (Å²) in [7, 11) is 1.90. The van der Waals surface area contributed by atoms with Crippen LogP contribution in [0, 0.1) is 17.6 Å². The van der Waals surface area contributed by atoms with E-state index < -0.39 is 5.82 Å². The smallest absolute Gasteiger partial charge is 0.127 e. The Hall–Kier alpha value is -1.00. The molecule has 0 amide bonds. The Bertz CT molecular complexity index is 355. The Morgan fingerprint density at radius 3 is 2.71 bits per heavy atom. The van der Waals surface area contributed by atoms with E-state index in [1.165, 1.54) is 12.1 Å². The van der Waals surface area contributed by atoms with E-state index in [0.29, 0.717) is 24.6 Å². The average molecular weight is 242 g/mol. The number of nitrogens with two attached hydrogens (primary N) is 1. The molecule has 2 nitrogen and oxygen atoms in total. The summed E-state index contributed by atoms with van der Waals surface area (Å²) in [5.41, 5.74) is 5.87. The molecule has 1 aromatic rings. The molecule has 0 saturated carbocycles. The fourth-order valence-corrected chi connectivity index (χ4v) is 1.93. The Morgan fingerprint density at radius 1 is 1.35 bits per heavy atom. The number of benzene rings is 1. The van der Waals surface area contributed by atoms with E-state index in [4.69, 9.17) is 5.73 Å². The van der Waals surface area contributed by atoms with Gasteiger partial charge >= 0.3 is 0 Å². The van der Waals surface area contributed by atoms with E-state index in [9.17, 15) is 8.78 Å². The third-order valence-electron chi connectivity index (χ3n) is 2.73. The lowest BCUT2D eigenvalue weighted by Crippen LogP contribution is -2.25. The first-order chi connectivity index (χ1) is 8.02. The zero-order valence-electron chi connectivity index (χ0n) is 10.4. The van der Waals surface area contributed by atoms with Gasteiger partial charge in [-0.1, -0.05) is 6.92 Å². The Morgan fingerprint density at radius 2 is 2.06 bits per heavy atom. The molecule has 0 aliphatic heterocycles. The van der Waals surface area contributed by atoms with Crippen molar-refractivity contribution >= 4 is 0 Å². The fraction of sp³-hybridized carbons (Fsp3) is 0.538. The molecule has 0 aliphatic carbocycles. The van der Waals surface area contributed by atoms with E-state index in [2.05, 4.69) is 6.92 Å². The van der Waals surface area contributed by atoms with Crippen LogP contribution in [0.2, 0.25) is 0 Å². The minimum atomic E-state index is -0.398. The van der Waals surface area contributed by atoms with Gasteiger partial charge in [0.05, 0.1) is 0 Å². The summed E-state index contributed by atoms with van der Waals surface area (Å²) in [5.74, 6) is -0.295. The summed E-state index contributed by atoms with van der Waals surface area (Å²) < 4.78 is 26.4. The van der Waals surface area contributed by atoms with E-state index in [-0.39, 0.29) is 5.82 Å². The molecule has 0 aromatic heterocycles. The monoisotopic (exact) mass is 242 g/mol. The lowest BCUT2D eigenvalue weighted by molar-refractivity contribution is 0.269. The van der Waals surface area contributed by atoms with Crippen molar-refractivity contribution in [3.05, 3.63) is 35.4 Å². The summed E-state index contributed by atoms with van der Waals surface area (Å²) in [6.07, 6.45) is 0.940. The van der Waals surface area contributed by atoms with Crippen molar-refractivity contribution < 1.29 is 8.78 Å². The van der Waals surface area contributed by atoms with E-state index in [0.717, 1.165) is 19.0 Å². The molecule has 2 N–H and O–H groups in total. The minimum Gasteiger partial charge on any atom is -0.330 e. The zero-order valence-corrected chi connectivity index (χ0v) is 10.4. The van der Waals surface area contributed by atoms with Crippen LogP contribution in [0.4, 0.5) is 8.78 Å². The van der Waals surface area contributed by atoms with Crippen molar-refractivity contribution in [3.8, 4) is 0 Å². The van der Waals surface area contributed by atoms with Crippen LogP contribution in [0.1, 0.15) is 18.9 Å². The summed E-state index contributed by atoms with van der Waals surface area (Å²) >= 11 is 0. The van der Waals surface area contributed by atoms with Crippen LogP contribution in [0.3, 0.4) is 0 Å². The molecule has 0 heterocycles. The van der Waals surface area contributed by atoms with Gasteiger partial charge in [-0.25, -0.2) is 8.78 Å². The van der Waals surface area contributed by atoms with Gasteiger partial charge in [-0.05, 0) is 44.1 Å². The van der Waals surface area contributed by atoms with Crippen LogP contribution in [0.25, 0.3) is 0 Å². The number of hydrogen-bond donors (Lipinski definition) is 1. The topological polar surface area (TPSA) is 29.3 Å². The predicted molar refractivity (Wildman–Crippen MR) is 65.5 cm³/mol. The Balaban J connectivity index is 2.55. The van der Waals surface area contributed by atoms with Crippen LogP contribution < -0.4 is 5.73 Å². The number of halogens is 2. The summed E-state index contributed by atoms with van der Waals surface area (Å²) in [6, 6.07) is 3.55. The van der Waals surface area contributed by atoms with Gasteiger partial charge in [0.2, 0.25) is 0 Å². The molecule has 1 rings (SSSR count). The molecule has 0 spiro atoms. The lowest BCUT2D eigenvalue weighted by atomic mass is 10.1. The molecule has 0 radical (unpaired) electrons. The van der Waals surface area contributed by atoms with Crippen molar-refractivity contribution in [2.75, 3.05) is 20.1 Å². The van der Waals surface area contributed by atoms with Crippen molar-refractivity contribution in [2.45, 2.75) is 19.9 Å². The molecule has 1 unspecified atom stereocenters. The summed E-state index contributed by atoms with van der Waals surface area (Å²) in [5, 5.41) is 0. The van der Waals surface area contributed by atoms with Crippen molar-refractivity contribution in [2.24, 2.45) is 11.7 Å². The fourth-order valence-electron chi connectivity index (χ4n) is 1.93. The minimum absolute atomic E-state index is 0.357. The SMILES string of the molecule is CC(CCN)CN(C)Cc1cc(F)ccc1F. The van der Waals surface area contributed by atoms with Crippen molar-refractivity contribution in [1.29, 1.82) is 0 Å². The van der Waals surface area contributed by atoms with Gasteiger partial charge in [0.1, 0.15) is 11.6 Å². The lowest BCUT2D eigenvalue weighted by Gasteiger charge is -2.21. The van der Waals surface area contributed by atoms with E-state index >= 15 is 0 Å². The van der Waals surface area contributed by atoms with Crippen molar-refractivity contribution in [1.82, 2.24) is 4.90 Å². The maximum Gasteiger partial charge on any atom is 0.127 e.